The van der Waals surface area contributed by atoms with Crippen LogP contribution in [0.1, 0.15) is 16.9 Å². The summed E-state index contributed by atoms with van der Waals surface area (Å²) in [5, 5.41) is 6.01. The van der Waals surface area contributed by atoms with Gasteiger partial charge in [0.1, 0.15) is 16.5 Å². The van der Waals surface area contributed by atoms with Crippen LogP contribution in [0.4, 0.5) is 0 Å². The largest absolute Gasteiger partial charge is 0.497 e. The van der Waals surface area contributed by atoms with Crippen LogP contribution in [-0.4, -0.2) is 49.1 Å². The van der Waals surface area contributed by atoms with E-state index in [1.54, 1.807) is 7.11 Å². The fraction of sp³-hybridized carbons (Fsp3) is 0.375. The molecule has 0 radical (unpaired) electrons. The number of thiazole rings is 1. The number of ether oxygens (including phenoxy) is 1. The lowest BCUT2D eigenvalue weighted by Crippen LogP contribution is -2.34. The van der Waals surface area contributed by atoms with Crippen molar-refractivity contribution in [2.75, 3.05) is 33.3 Å². The molecular weight excluding hydrogens is 369 g/mol. The highest BCUT2D eigenvalue weighted by molar-refractivity contribution is 7.13. The Bertz CT molecular complexity index is 641. The van der Waals surface area contributed by atoms with Gasteiger partial charge in [-0.3, -0.25) is 4.79 Å². The van der Waals surface area contributed by atoms with E-state index in [1.807, 2.05) is 34.5 Å². The van der Waals surface area contributed by atoms with Crippen molar-refractivity contribution >= 4 is 42.1 Å². The molecule has 0 atom stereocenters. The second kappa shape index (κ2) is 9.84. The van der Waals surface area contributed by atoms with Gasteiger partial charge in [-0.1, -0.05) is 0 Å². The van der Waals surface area contributed by atoms with E-state index in [2.05, 4.69) is 10.3 Å². The maximum Gasteiger partial charge on any atom is 0.273 e. The lowest BCUT2D eigenvalue weighted by atomic mass is 10.2. The monoisotopic (exact) mass is 389 g/mol. The van der Waals surface area contributed by atoms with Crippen LogP contribution in [0.25, 0.3) is 10.6 Å². The zero-order valence-corrected chi connectivity index (χ0v) is 15.8. The minimum atomic E-state index is 0. The van der Waals surface area contributed by atoms with Crippen molar-refractivity contribution in [1.29, 1.82) is 0 Å². The van der Waals surface area contributed by atoms with Crippen molar-refractivity contribution in [3.8, 4) is 16.3 Å². The van der Waals surface area contributed by atoms with Gasteiger partial charge in [-0.2, -0.15) is 0 Å². The molecule has 5 nitrogen and oxygen atoms in total. The average molecular weight is 390 g/mol. The van der Waals surface area contributed by atoms with Gasteiger partial charge in [0.2, 0.25) is 0 Å². The number of methoxy groups -OCH3 is 1. The third kappa shape index (κ3) is 4.83. The number of aromatic nitrogens is 1. The van der Waals surface area contributed by atoms with Crippen LogP contribution in [0.2, 0.25) is 0 Å². The Morgan fingerprint density at radius 3 is 2.67 bits per heavy atom. The summed E-state index contributed by atoms with van der Waals surface area (Å²) >= 11 is 1.50. The minimum absolute atomic E-state index is 0. The second-order valence-electron chi connectivity index (χ2n) is 5.16. The predicted octanol–water partition coefficient (Wildman–Crippen LogP) is 3.10. The summed E-state index contributed by atoms with van der Waals surface area (Å²) in [6, 6.07) is 7.72. The van der Waals surface area contributed by atoms with Crippen LogP contribution in [0.5, 0.6) is 5.75 Å². The molecule has 0 unspecified atom stereocenters. The topological polar surface area (TPSA) is 54.5 Å². The van der Waals surface area contributed by atoms with Gasteiger partial charge in [0.15, 0.2) is 0 Å². The number of nitrogens with one attached hydrogen (secondary N) is 1. The summed E-state index contributed by atoms with van der Waals surface area (Å²) in [5.74, 6) is 0.841. The van der Waals surface area contributed by atoms with Crippen LogP contribution in [0.15, 0.2) is 29.6 Å². The molecule has 2 aromatic rings. The SMILES string of the molecule is COc1ccc(-c2nc(C(=O)N3CCCNCC3)cs2)cc1.Cl.Cl. The first kappa shape index (κ1) is 20.7. The maximum absolute atomic E-state index is 12.5. The molecule has 1 aromatic heterocycles. The van der Waals surface area contributed by atoms with E-state index in [4.69, 9.17) is 4.74 Å². The van der Waals surface area contributed by atoms with E-state index < -0.39 is 0 Å². The lowest BCUT2D eigenvalue weighted by Gasteiger charge is -2.18. The van der Waals surface area contributed by atoms with Crippen LogP contribution in [0, 0.1) is 0 Å². The van der Waals surface area contributed by atoms with Crippen LogP contribution in [-0.2, 0) is 0 Å². The second-order valence-corrected chi connectivity index (χ2v) is 6.02. The standard InChI is InChI=1S/C16H19N3O2S.2ClH/c1-21-13-5-3-12(4-6-13)15-18-14(11-22-15)16(20)19-9-2-7-17-8-10-19;;/h3-6,11,17H,2,7-10H2,1H3;2*1H. The van der Waals surface area contributed by atoms with E-state index in [0.717, 1.165) is 48.9 Å². The summed E-state index contributed by atoms with van der Waals surface area (Å²) in [6.07, 6.45) is 0.987. The van der Waals surface area contributed by atoms with E-state index >= 15 is 0 Å². The van der Waals surface area contributed by atoms with E-state index in [1.165, 1.54) is 11.3 Å². The molecule has 1 aromatic carbocycles. The van der Waals surface area contributed by atoms with Crippen molar-refractivity contribution in [1.82, 2.24) is 15.2 Å². The number of carbonyl (C=O) groups excluding carboxylic acids is 1. The molecule has 1 aliphatic rings. The molecule has 8 heteroatoms. The molecule has 0 bridgehead atoms. The molecule has 1 amide bonds. The van der Waals surface area contributed by atoms with E-state index in [0.29, 0.717) is 5.69 Å². The number of amides is 1. The normalized spacial score (nSPS) is 14.1. The Balaban J connectivity index is 0.00000144. The Morgan fingerprint density at radius 2 is 1.96 bits per heavy atom. The highest BCUT2D eigenvalue weighted by atomic mass is 35.5. The Hall–Kier alpha value is -1.34. The van der Waals surface area contributed by atoms with Crippen molar-refractivity contribution in [3.63, 3.8) is 0 Å². The quantitative estimate of drug-likeness (QED) is 0.875. The molecule has 3 rings (SSSR count). The zero-order chi connectivity index (χ0) is 15.4. The molecule has 1 fully saturated rings. The van der Waals surface area contributed by atoms with E-state index in [9.17, 15) is 4.79 Å². The first-order valence-electron chi connectivity index (χ1n) is 7.38. The fourth-order valence-electron chi connectivity index (χ4n) is 2.45. The molecule has 1 N–H and O–H groups in total. The zero-order valence-electron chi connectivity index (χ0n) is 13.4. The van der Waals surface area contributed by atoms with Gasteiger partial charge in [-0.05, 0) is 37.2 Å². The smallest absolute Gasteiger partial charge is 0.273 e. The third-order valence-corrected chi connectivity index (χ3v) is 4.58. The van der Waals surface area contributed by atoms with Crippen LogP contribution >= 0.6 is 36.2 Å². The van der Waals surface area contributed by atoms with Gasteiger partial charge in [0.25, 0.3) is 5.91 Å². The molecule has 1 aliphatic heterocycles. The summed E-state index contributed by atoms with van der Waals surface area (Å²) in [5.41, 5.74) is 1.54. The number of rotatable bonds is 3. The number of halogens is 2. The van der Waals surface area contributed by atoms with Crippen molar-refractivity contribution in [2.45, 2.75) is 6.42 Å². The number of hydrogen-bond acceptors (Lipinski definition) is 5. The fourth-order valence-corrected chi connectivity index (χ4v) is 3.25. The first-order chi connectivity index (χ1) is 10.8. The molecular formula is C16H21Cl2N3O2S. The third-order valence-electron chi connectivity index (χ3n) is 3.69. The van der Waals surface area contributed by atoms with Crippen molar-refractivity contribution in [2.24, 2.45) is 0 Å². The number of carbonyl (C=O) groups is 1. The molecule has 0 saturated carbocycles. The summed E-state index contributed by atoms with van der Waals surface area (Å²) in [7, 11) is 1.64. The number of benzene rings is 1. The van der Waals surface area contributed by atoms with Crippen molar-refractivity contribution < 1.29 is 9.53 Å². The Kier molecular flexibility index (Phi) is 8.48. The highest BCUT2D eigenvalue weighted by Crippen LogP contribution is 2.26. The van der Waals surface area contributed by atoms with Gasteiger partial charge >= 0.3 is 0 Å². The first-order valence-corrected chi connectivity index (χ1v) is 8.26. The van der Waals surface area contributed by atoms with Gasteiger partial charge in [0.05, 0.1) is 7.11 Å². The van der Waals surface area contributed by atoms with E-state index in [-0.39, 0.29) is 30.7 Å². The average Bonchev–Trinajstić information content (AvgIpc) is 2.90. The van der Waals surface area contributed by atoms with Crippen LogP contribution < -0.4 is 10.1 Å². The molecule has 24 heavy (non-hydrogen) atoms. The Morgan fingerprint density at radius 1 is 1.21 bits per heavy atom. The number of nitrogens with zero attached hydrogens (tertiary/aromatic N) is 2. The summed E-state index contributed by atoms with van der Waals surface area (Å²) in [6.45, 7) is 3.36. The van der Waals surface area contributed by atoms with Gasteiger partial charge < -0.3 is 15.0 Å². The molecule has 1 saturated heterocycles. The highest BCUT2D eigenvalue weighted by Gasteiger charge is 2.20. The lowest BCUT2D eigenvalue weighted by molar-refractivity contribution is 0.0761. The van der Waals surface area contributed by atoms with Gasteiger partial charge in [-0.25, -0.2) is 4.98 Å². The van der Waals surface area contributed by atoms with Gasteiger partial charge in [0, 0.05) is 30.6 Å². The predicted molar refractivity (Wildman–Crippen MR) is 102 cm³/mol. The molecule has 132 valence electrons. The van der Waals surface area contributed by atoms with Crippen molar-refractivity contribution in [3.05, 3.63) is 35.3 Å². The molecule has 0 aliphatic carbocycles. The molecule has 2 heterocycles. The summed E-state index contributed by atoms with van der Waals surface area (Å²) in [4.78, 5) is 18.9. The van der Waals surface area contributed by atoms with Gasteiger partial charge in [-0.15, -0.1) is 36.2 Å². The number of hydrogen-bond donors (Lipinski definition) is 1. The minimum Gasteiger partial charge on any atom is -0.497 e. The Labute approximate surface area is 158 Å². The van der Waals surface area contributed by atoms with Crippen LogP contribution in [0.3, 0.4) is 0 Å². The summed E-state index contributed by atoms with van der Waals surface area (Å²) < 4.78 is 5.16. The maximum atomic E-state index is 12.5. The molecule has 0 spiro atoms.